The first-order valence-corrected chi connectivity index (χ1v) is 9.30. The quantitative estimate of drug-likeness (QED) is 0.632. The van der Waals surface area contributed by atoms with E-state index < -0.39 is 0 Å². The number of hydrogen-bond donors (Lipinski definition) is 0. The average molecular weight is 380 g/mol. The van der Waals surface area contributed by atoms with Crippen molar-refractivity contribution in [3.63, 3.8) is 0 Å². The topological polar surface area (TPSA) is 52.8 Å². The Labute approximate surface area is 161 Å². The van der Waals surface area contributed by atoms with E-state index in [1.54, 1.807) is 31.4 Å². The molecular formula is C21H20N2O3S. The van der Waals surface area contributed by atoms with E-state index in [0.29, 0.717) is 16.9 Å². The number of methoxy groups -OCH3 is 1. The van der Waals surface area contributed by atoms with Crippen LogP contribution in [-0.2, 0) is 6.54 Å². The fourth-order valence-corrected chi connectivity index (χ4v) is 3.67. The number of thiazole rings is 1. The van der Waals surface area contributed by atoms with Crippen molar-refractivity contribution in [1.82, 2.24) is 4.57 Å². The lowest BCUT2D eigenvalue weighted by Crippen LogP contribution is -2.16. The van der Waals surface area contributed by atoms with E-state index in [1.807, 2.05) is 36.6 Å². The van der Waals surface area contributed by atoms with Gasteiger partial charge in [0.05, 0.1) is 30.0 Å². The molecule has 1 aromatic heterocycles. The van der Waals surface area contributed by atoms with Gasteiger partial charge in [-0.25, -0.2) is 0 Å². The van der Waals surface area contributed by atoms with E-state index in [2.05, 4.69) is 10.9 Å². The number of ether oxygens (including phenoxy) is 2. The molecular weight excluding hydrogens is 360 g/mol. The number of amides is 1. The van der Waals surface area contributed by atoms with Crippen molar-refractivity contribution < 1.29 is 14.3 Å². The summed E-state index contributed by atoms with van der Waals surface area (Å²) in [4.78, 5) is 17.5. The fraction of sp³-hybridized carbons (Fsp3) is 0.238. The highest BCUT2D eigenvalue weighted by molar-refractivity contribution is 7.16. The summed E-state index contributed by atoms with van der Waals surface area (Å²) in [7, 11) is 1.62. The third-order valence-corrected chi connectivity index (χ3v) is 4.85. The lowest BCUT2D eigenvalue weighted by molar-refractivity contribution is 0.0998. The third kappa shape index (κ3) is 4.21. The predicted molar refractivity (Wildman–Crippen MR) is 107 cm³/mol. The van der Waals surface area contributed by atoms with Crippen LogP contribution in [0, 0.1) is 12.3 Å². The van der Waals surface area contributed by atoms with Gasteiger partial charge >= 0.3 is 0 Å². The molecule has 138 valence electrons. The minimum absolute atomic E-state index is 0.0782. The van der Waals surface area contributed by atoms with Gasteiger partial charge in [0.15, 0.2) is 4.80 Å². The number of hydrogen-bond acceptors (Lipinski definition) is 4. The number of terminal acetylenes is 1. The van der Waals surface area contributed by atoms with Gasteiger partial charge in [0.25, 0.3) is 5.91 Å². The van der Waals surface area contributed by atoms with Crippen LogP contribution in [0.5, 0.6) is 11.5 Å². The van der Waals surface area contributed by atoms with E-state index in [4.69, 9.17) is 15.9 Å². The molecule has 5 nitrogen and oxygen atoms in total. The molecule has 0 N–H and O–H groups in total. The van der Waals surface area contributed by atoms with E-state index >= 15 is 0 Å². The maximum absolute atomic E-state index is 12.6. The van der Waals surface area contributed by atoms with Crippen molar-refractivity contribution in [2.45, 2.75) is 26.5 Å². The zero-order valence-corrected chi connectivity index (χ0v) is 16.2. The molecule has 3 rings (SSSR count). The first-order valence-electron chi connectivity index (χ1n) is 8.48. The fourth-order valence-electron chi connectivity index (χ4n) is 2.61. The molecule has 27 heavy (non-hydrogen) atoms. The van der Waals surface area contributed by atoms with Crippen molar-refractivity contribution in [1.29, 1.82) is 0 Å². The van der Waals surface area contributed by atoms with Crippen LogP contribution in [0.3, 0.4) is 0 Å². The maximum Gasteiger partial charge on any atom is 0.279 e. The van der Waals surface area contributed by atoms with Crippen LogP contribution in [0.4, 0.5) is 0 Å². The number of nitrogens with zero attached hydrogens (tertiary/aromatic N) is 2. The SMILES string of the molecule is C#CCn1c(=NC(=O)c2ccc(OC(C)C)cc2)sc2cc(OC)ccc21. The molecule has 0 saturated carbocycles. The Morgan fingerprint density at radius 2 is 1.93 bits per heavy atom. The molecule has 1 heterocycles. The summed E-state index contributed by atoms with van der Waals surface area (Å²) in [6.07, 6.45) is 5.58. The molecule has 1 amide bonds. The summed E-state index contributed by atoms with van der Waals surface area (Å²) in [6, 6.07) is 12.7. The van der Waals surface area contributed by atoms with Crippen LogP contribution in [0.2, 0.25) is 0 Å². The van der Waals surface area contributed by atoms with Crippen LogP contribution in [0.1, 0.15) is 24.2 Å². The van der Waals surface area contributed by atoms with Crippen molar-refractivity contribution in [2.24, 2.45) is 4.99 Å². The second kappa shape index (κ2) is 8.11. The average Bonchev–Trinajstić information content (AvgIpc) is 2.98. The van der Waals surface area contributed by atoms with Crippen molar-refractivity contribution in [2.75, 3.05) is 7.11 Å². The number of aromatic nitrogens is 1. The van der Waals surface area contributed by atoms with Crippen LogP contribution in [0.25, 0.3) is 10.2 Å². The van der Waals surface area contributed by atoms with Crippen LogP contribution in [0.15, 0.2) is 47.5 Å². The van der Waals surface area contributed by atoms with Gasteiger partial charge in [0.1, 0.15) is 11.5 Å². The standard InChI is InChI=1S/C21H20N2O3S/c1-5-12-23-18-11-10-17(25-4)13-19(18)27-21(23)22-20(24)15-6-8-16(9-7-15)26-14(2)3/h1,6-11,13-14H,12H2,2-4H3. The molecule has 6 heteroatoms. The summed E-state index contributed by atoms with van der Waals surface area (Å²) < 4.78 is 13.7. The third-order valence-electron chi connectivity index (χ3n) is 3.81. The maximum atomic E-state index is 12.6. The molecule has 0 spiro atoms. The summed E-state index contributed by atoms with van der Waals surface area (Å²) in [5.74, 6) is 3.76. The van der Waals surface area contributed by atoms with Crippen LogP contribution >= 0.6 is 11.3 Å². The Bertz CT molecular complexity index is 1070. The summed E-state index contributed by atoms with van der Waals surface area (Å²) >= 11 is 1.40. The minimum Gasteiger partial charge on any atom is -0.497 e. The van der Waals surface area contributed by atoms with E-state index in [9.17, 15) is 4.79 Å². The highest BCUT2D eigenvalue weighted by Gasteiger charge is 2.10. The van der Waals surface area contributed by atoms with Gasteiger partial charge in [-0.15, -0.1) is 6.42 Å². The highest BCUT2D eigenvalue weighted by atomic mass is 32.1. The largest absolute Gasteiger partial charge is 0.497 e. The molecule has 0 fully saturated rings. The molecule has 0 aliphatic rings. The molecule has 0 radical (unpaired) electrons. The molecule has 0 atom stereocenters. The van der Waals surface area contributed by atoms with Gasteiger partial charge in [0, 0.05) is 5.56 Å². The Balaban J connectivity index is 2.00. The Morgan fingerprint density at radius 1 is 1.22 bits per heavy atom. The monoisotopic (exact) mass is 380 g/mol. The summed E-state index contributed by atoms with van der Waals surface area (Å²) in [5, 5.41) is 0. The number of fused-ring (bicyclic) bond motifs is 1. The summed E-state index contributed by atoms with van der Waals surface area (Å²) in [5.41, 5.74) is 1.42. The zero-order valence-electron chi connectivity index (χ0n) is 15.4. The second-order valence-corrected chi connectivity index (χ2v) is 7.13. The second-order valence-electron chi connectivity index (χ2n) is 6.12. The molecule has 0 unspecified atom stereocenters. The summed E-state index contributed by atoms with van der Waals surface area (Å²) in [6.45, 7) is 4.24. The normalized spacial score (nSPS) is 11.6. The number of carbonyl (C=O) groups excluding carboxylic acids is 1. The molecule has 0 aliphatic heterocycles. The van der Waals surface area contributed by atoms with Gasteiger partial charge < -0.3 is 14.0 Å². The van der Waals surface area contributed by atoms with Gasteiger partial charge in [-0.3, -0.25) is 4.79 Å². The number of rotatable bonds is 5. The van der Waals surface area contributed by atoms with Crippen molar-refractivity contribution in [3.8, 4) is 23.8 Å². The smallest absolute Gasteiger partial charge is 0.279 e. The van der Waals surface area contributed by atoms with Gasteiger partial charge in [0.2, 0.25) is 0 Å². The lowest BCUT2D eigenvalue weighted by atomic mass is 10.2. The first-order chi connectivity index (χ1) is 13.0. The van der Waals surface area contributed by atoms with Crippen molar-refractivity contribution >= 4 is 27.5 Å². The predicted octanol–water partition coefficient (Wildman–Crippen LogP) is 3.87. The zero-order chi connectivity index (χ0) is 19.4. The van der Waals surface area contributed by atoms with Gasteiger partial charge in [-0.2, -0.15) is 4.99 Å². The molecule has 0 bridgehead atoms. The van der Waals surface area contributed by atoms with Gasteiger partial charge in [-0.1, -0.05) is 17.3 Å². The Hall–Kier alpha value is -3.04. The Morgan fingerprint density at radius 3 is 2.56 bits per heavy atom. The van der Waals surface area contributed by atoms with Gasteiger partial charge in [-0.05, 0) is 56.3 Å². The van der Waals surface area contributed by atoms with Crippen LogP contribution in [-0.4, -0.2) is 23.7 Å². The van der Waals surface area contributed by atoms with E-state index in [1.165, 1.54) is 11.3 Å². The van der Waals surface area contributed by atoms with E-state index in [-0.39, 0.29) is 12.0 Å². The minimum atomic E-state index is -0.324. The van der Waals surface area contributed by atoms with E-state index in [0.717, 1.165) is 21.7 Å². The Kier molecular flexibility index (Phi) is 5.63. The number of carbonyl (C=O) groups is 1. The first kappa shape index (κ1) is 18.7. The highest BCUT2D eigenvalue weighted by Crippen LogP contribution is 2.23. The number of benzene rings is 2. The molecule has 0 aliphatic carbocycles. The molecule has 2 aromatic carbocycles. The lowest BCUT2D eigenvalue weighted by Gasteiger charge is -2.09. The molecule has 3 aromatic rings. The van der Waals surface area contributed by atoms with Crippen molar-refractivity contribution in [3.05, 3.63) is 52.8 Å². The van der Waals surface area contributed by atoms with Crippen LogP contribution < -0.4 is 14.3 Å². The molecule has 0 saturated heterocycles.